The standard InChI is InChI=1S/C12H6BrCl2N3S/c13-6-1-2-8(15)10(3-6)18-11-9(17-12(18)19)4-7(14)5-16-11/h1-5H,(H,17,19). The van der Waals surface area contributed by atoms with Crippen LogP contribution in [0.1, 0.15) is 0 Å². The summed E-state index contributed by atoms with van der Waals surface area (Å²) in [5.41, 5.74) is 2.23. The van der Waals surface area contributed by atoms with Crippen molar-refractivity contribution < 1.29 is 0 Å². The van der Waals surface area contributed by atoms with Crippen molar-refractivity contribution in [2.45, 2.75) is 0 Å². The molecular weight excluding hydrogens is 369 g/mol. The first-order chi connectivity index (χ1) is 9.06. The summed E-state index contributed by atoms with van der Waals surface area (Å²) in [7, 11) is 0. The Morgan fingerprint density at radius 2 is 2.05 bits per heavy atom. The number of aromatic nitrogens is 3. The third-order valence-corrected chi connectivity index (χ3v) is 3.94. The number of pyridine rings is 1. The number of benzene rings is 1. The fraction of sp³-hybridized carbons (Fsp3) is 0. The highest BCUT2D eigenvalue weighted by atomic mass is 79.9. The van der Waals surface area contributed by atoms with Crippen LogP contribution in [0.5, 0.6) is 0 Å². The number of halogens is 3. The second kappa shape index (κ2) is 4.90. The summed E-state index contributed by atoms with van der Waals surface area (Å²) in [5, 5.41) is 1.15. The van der Waals surface area contributed by atoms with Crippen molar-refractivity contribution >= 4 is 62.5 Å². The molecule has 0 atom stereocenters. The first-order valence-electron chi connectivity index (χ1n) is 5.28. The number of hydrogen-bond donors (Lipinski definition) is 1. The third kappa shape index (κ3) is 2.31. The van der Waals surface area contributed by atoms with Gasteiger partial charge in [0.15, 0.2) is 10.4 Å². The molecule has 1 aromatic carbocycles. The number of aromatic amines is 1. The molecule has 3 nitrogen and oxygen atoms in total. The van der Waals surface area contributed by atoms with Gasteiger partial charge < -0.3 is 4.98 Å². The van der Waals surface area contributed by atoms with E-state index in [9.17, 15) is 0 Å². The molecule has 0 aliphatic rings. The molecule has 0 spiro atoms. The Balaban J connectivity index is 2.39. The SMILES string of the molecule is S=c1[nH]c2cc(Cl)cnc2n1-c1cc(Br)ccc1Cl. The van der Waals surface area contributed by atoms with Gasteiger partial charge in [0, 0.05) is 10.7 Å². The summed E-state index contributed by atoms with van der Waals surface area (Å²) in [6, 6.07) is 7.34. The van der Waals surface area contributed by atoms with Gasteiger partial charge in [-0.1, -0.05) is 39.1 Å². The smallest absolute Gasteiger partial charge is 0.184 e. The van der Waals surface area contributed by atoms with Crippen molar-refractivity contribution in [3.8, 4) is 5.69 Å². The molecular formula is C12H6BrCl2N3S. The van der Waals surface area contributed by atoms with Crippen molar-refractivity contribution in [2.24, 2.45) is 0 Å². The van der Waals surface area contributed by atoms with Gasteiger partial charge in [0.1, 0.15) is 0 Å². The van der Waals surface area contributed by atoms with Gasteiger partial charge in [-0.25, -0.2) is 4.98 Å². The van der Waals surface area contributed by atoms with E-state index in [0.717, 1.165) is 15.7 Å². The van der Waals surface area contributed by atoms with Crippen LogP contribution in [0.2, 0.25) is 10.0 Å². The fourth-order valence-corrected chi connectivity index (χ4v) is 2.85. The van der Waals surface area contributed by atoms with Crippen LogP contribution in [-0.4, -0.2) is 14.5 Å². The van der Waals surface area contributed by atoms with E-state index in [-0.39, 0.29) is 0 Å². The van der Waals surface area contributed by atoms with Crippen molar-refractivity contribution in [2.75, 3.05) is 0 Å². The van der Waals surface area contributed by atoms with Crippen LogP contribution in [0.25, 0.3) is 16.9 Å². The van der Waals surface area contributed by atoms with E-state index in [2.05, 4.69) is 25.9 Å². The number of nitrogens with zero attached hydrogens (tertiary/aromatic N) is 2. The van der Waals surface area contributed by atoms with Crippen LogP contribution < -0.4 is 0 Å². The molecule has 0 bridgehead atoms. The average Bonchev–Trinajstić information content (AvgIpc) is 2.67. The van der Waals surface area contributed by atoms with Crippen LogP contribution in [0.3, 0.4) is 0 Å². The van der Waals surface area contributed by atoms with E-state index >= 15 is 0 Å². The highest BCUT2D eigenvalue weighted by molar-refractivity contribution is 9.10. The average molecular weight is 375 g/mol. The molecule has 0 radical (unpaired) electrons. The fourth-order valence-electron chi connectivity index (χ4n) is 1.85. The third-order valence-electron chi connectivity index (χ3n) is 2.64. The Morgan fingerprint density at radius 3 is 2.84 bits per heavy atom. The quantitative estimate of drug-likeness (QED) is 0.597. The Bertz CT molecular complexity index is 841. The Kier molecular flexibility index (Phi) is 3.39. The number of rotatable bonds is 1. The largest absolute Gasteiger partial charge is 0.329 e. The van der Waals surface area contributed by atoms with Crippen LogP contribution in [0.4, 0.5) is 0 Å². The van der Waals surface area contributed by atoms with Crippen molar-refractivity contribution in [1.82, 2.24) is 14.5 Å². The van der Waals surface area contributed by atoms with Gasteiger partial charge in [-0.05, 0) is 36.5 Å². The molecule has 7 heteroatoms. The zero-order valence-corrected chi connectivity index (χ0v) is 13.2. The molecule has 0 saturated heterocycles. The molecule has 96 valence electrons. The molecule has 0 saturated carbocycles. The first kappa shape index (κ1) is 13.1. The lowest BCUT2D eigenvalue weighted by molar-refractivity contribution is 1.04. The molecule has 2 aromatic heterocycles. The van der Waals surface area contributed by atoms with Crippen molar-refractivity contribution in [1.29, 1.82) is 0 Å². The first-order valence-corrected chi connectivity index (χ1v) is 7.23. The maximum atomic E-state index is 6.24. The lowest BCUT2D eigenvalue weighted by Crippen LogP contribution is -1.96. The van der Waals surface area contributed by atoms with Crippen LogP contribution in [-0.2, 0) is 0 Å². The normalized spacial score (nSPS) is 11.1. The van der Waals surface area contributed by atoms with Gasteiger partial charge in [0.2, 0.25) is 0 Å². The molecule has 3 aromatic rings. The minimum Gasteiger partial charge on any atom is -0.329 e. The van der Waals surface area contributed by atoms with Crippen molar-refractivity contribution in [3.05, 3.63) is 49.8 Å². The number of fused-ring (bicyclic) bond motifs is 1. The van der Waals surface area contributed by atoms with Gasteiger partial charge in [-0.15, -0.1) is 0 Å². The van der Waals surface area contributed by atoms with E-state index in [0.29, 0.717) is 20.5 Å². The summed E-state index contributed by atoms with van der Waals surface area (Å²) in [4.78, 5) is 7.38. The summed E-state index contributed by atoms with van der Waals surface area (Å²) < 4.78 is 3.22. The van der Waals surface area contributed by atoms with Crippen LogP contribution >= 0.6 is 51.3 Å². The molecule has 1 N–H and O–H groups in total. The second-order valence-electron chi connectivity index (χ2n) is 3.89. The highest BCUT2D eigenvalue weighted by Crippen LogP contribution is 2.28. The van der Waals surface area contributed by atoms with Gasteiger partial charge in [0.25, 0.3) is 0 Å². The Morgan fingerprint density at radius 1 is 1.26 bits per heavy atom. The Labute approximate surface area is 132 Å². The second-order valence-corrected chi connectivity index (χ2v) is 6.03. The number of H-pyrrole nitrogens is 1. The minimum atomic E-state index is 0.518. The molecule has 0 aliphatic heterocycles. The molecule has 2 heterocycles. The van der Waals surface area contributed by atoms with Gasteiger partial charge >= 0.3 is 0 Å². The van der Waals surface area contributed by atoms with Gasteiger partial charge in [-0.2, -0.15) is 0 Å². The van der Waals surface area contributed by atoms with E-state index in [1.807, 2.05) is 12.1 Å². The van der Waals surface area contributed by atoms with E-state index in [1.54, 1.807) is 22.9 Å². The molecule has 0 unspecified atom stereocenters. The van der Waals surface area contributed by atoms with E-state index in [1.165, 1.54) is 0 Å². The zero-order valence-electron chi connectivity index (χ0n) is 9.32. The number of hydrogen-bond acceptors (Lipinski definition) is 2. The topological polar surface area (TPSA) is 33.6 Å². The van der Waals surface area contributed by atoms with Crippen molar-refractivity contribution in [3.63, 3.8) is 0 Å². The lowest BCUT2D eigenvalue weighted by atomic mass is 10.3. The van der Waals surface area contributed by atoms with Crippen LogP contribution in [0.15, 0.2) is 34.9 Å². The van der Waals surface area contributed by atoms with Crippen LogP contribution in [0, 0.1) is 4.77 Å². The monoisotopic (exact) mass is 373 g/mol. The molecule has 0 aliphatic carbocycles. The lowest BCUT2D eigenvalue weighted by Gasteiger charge is -2.07. The minimum absolute atomic E-state index is 0.518. The summed E-state index contributed by atoms with van der Waals surface area (Å²) in [6.45, 7) is 0. The summed E-state index contributed by atoms with van der Waals surface area (Å²) in [5.74, 6) is 0. The maximum absolute atomic E-state index is 6.24. The summed E-state index contributed by atoms with van der Waals surface area (Å²) in [6.07, 6.45) is 1.58. The van der Waals surface area contributed by atoms with Gasteiger partial charge in [0.05, 0.1) is 21.2 Å². The molecule has 3 rings (SSSR count). The zero-order chi connectivity index (χ0) is 13.6. The number of nitrogens with one attached hydrogen (secondary N) is 1. The Hall–Kier alpha value is -0.880. The molecule has 0 fully saturated rings. The highest BCUT2D eigenvalue weighted by Gasteiger charge is 2.11. The molecule has 0 amide bonds. The number of imidazole rings is 1. The van der Waals surface area contributed by atoms with Gasteiger partial charge in [-0.3, -0.25) is 4.57 Å². The van der Waals surface area contributed by atoms with E-state index < -0.39 is 0 Å². The summed E-state index contributed by atoms with van der Waals surface area (Å²) >= 11 is 20.9. The predicted molar refractivity (Wildman–Crippen MR) is 84.0 cm³/mol. The predicted octanol–water partition coefficient (Wildman–Crippen LogP) is 5.15. The maximum Gasteiger partial charge on any atom is 0.184 e. The molecule has 19 heavy (non-hydrogen) atoms. The van der Waals surface area contributed by atoms with E-state index in [4.69, 9.17) is 35.4 Å².